The smallest absolute Gasteiger partial charge is 0.416 e. The van der Waals surface area contributed by atoms with E-state index in [0.717, 1.165) is 0 Å². The van der Waals surface area contributed by atoms with Crippen LogP contribution in [0.15, 0.2) is 18.2 Å². The molecule has 0 fully saturated rings. The molecule has 1 N–H and O–H groups in total. The van der Waals surface area contributed by atoms with E-state index in [0.29, 0.717) is 12.1 Å². The number of hydrogen-bond donors (Lipinski definition) is 1. The van der Waals surface area contributed by atoms with Crippen LogP contribution in [0.2, 0.25) is 0 Å². The minimum Gasteiger partial charge on any atom is -0.465 e. The van der Waals surface area contributed by atoms with Crippen molar-refractivity contribution in [2.75, 3.05) is 13.2 Å². The fraction of sp³-hybridized carbons (Fsp3) is 0.462. The van der Waals surface area contributed by atoms with Crippen LogP contribution >= 0.6 is 0 Å². The molecule has 0 unspecified atom stereocenters. The first kappa shape index (κ1) is 18.3. The van der Waals surface area contributed by atoms with Crippen molar-refractivity contribution in [1.29, 1.82) is 0 Å². The number of carbonyl (C=O) groups is 1. The van der Waals surface area contributed by atoms with Gasteiger partial charge in [0, 0.05) is 6.54 Å². The molecule has 0 bridgehead atoms. The van der Waals surface area contributed by atoms with Gasteiger partial charge in [-0.3, -0.25) is 4.79 Å². The SMILES string of the molecule is CCOC(=O)CNCc1cc(C(F)(F)F)cc(C(F)(F)F)c1. The number of halogens is 6. The Morgan fingerprint density at radius 2 is 1.55 bits per heavy atom. The molecule has 1 rings (SSSR count). The van der Waals surface area contributed by atoms with Crippen LogP contribution < -0.4 is 5.32 Å². The summed E-state index contributed by atoms with van der Waals surface area (Å²) in [6.45, 7) is 1.06. The summed E-state index contributed by atoms with van der Waals surface area (Å²) in [6, 6.07) is 1.26. The Hall–Kier alpha value is -1.77. The summed E-state index contributed by atoms with van der Waals surface area (Å²) in [4.78, 5) is 11.0. The minimum atomic E-state index is -4.89. The topological polar surface area (TPSA) is 38.3 Å². The number of nitrogens with one attached hydrogen (secondary N) is 1. The Kier molecular flexibility index (Phi) is 5.81. The molecule has 22 heavy (non-hydrogen) atoms. The average molecular weight is 329 g/mol. The molecule has 0 aliphatic rings. The van der Waals surface area contributed by atoms with Crippen molar-refractivity contribution < 1.29 is 35.9 Å². The van der Waals surface area contributed by atoms with Crippen LogP contribution in [0.3, 0.4) is 0 Å². The number of carbonyl (C=O) groups excluding carboxylic acids is 1. The van der Waals surface area contributed by atoms with Gasteiger partial charge in [-0.1, -0.05) is 0 Å². The van der Waals surface area contributed by atoms with E-state index in [1.54, 1.807) is 6.92 Å². The number of rotatable bonds is 5. The van der Waals surface area contributed by atoms with Crippen LogP contribution in [-0.2, 0) is 28.4 Å². The van der Waals surface area contributed by atoms with Gasteiger partial charge in [-0.25, -0.2) is 0 Å². The monoisotopic (exact) mass is 329 g/mol. The number of esters is 1. The molecule has 0 aromatic heterocycles. The molecule has 124 valence electrons. The summed E-state index contributed by atoms with van der Waals surface area (Å²) in [6.07, 6.45) is -9.78. The molecule has 0 spiro atoms. The van der Waals surface area contributed by atoms with Gasteiger partial charge in [-0.15, -0.1) is 0 Å². The number of alkyl halides is 6. The summed E-state index contributed by atoms with van der Waals surface area (Å²) in [5.74, 6) is -0.648. The molecule has 0 amide bonds. The van der Waals surface area contributed by atoms with Crippen LogP contribution in [0.4, 0.5) is 26.3 Å². The second-order valence-electron chi connectivity index (χ2n) is 4.32. The van der Waals surface area contributed by atoms with Gasteiger partial charge >= 0.3 is 18.3 Å². The first-order valence-electron chi connectivity index (χ1n) is 6.18. The first-order valence-corrected chi connectivity index (χ1v) is 6.18. The highest BCUT2D eigenvalue weighted by atomic mass is 19.4. The fourth-order valence-electron chi connectivity index (χ4n) is 1.64. The van der Waals surface area contributed by atoms with Crippen molar-refractivity contribution in [3.8, 4) is 0 Å². The molecule has 1 aromatic carbocycles. The highest BCUT2D eigenvalue weighted by Gasteiger charge is 2.36. The molecule has 0 heterocycles. The molecule has 0 aliphatic carbocycles. The second-order valence-corrected chi connectivity index (χ2v) is 4.32. The third-order valence-electron chi connectivity index (χ3n) is 2.55. The van der Waals surface area contributed by atoms with Crippen LogP contribution in [0.1, 0.15) is 23.6 Å². The maximum Gasteiger partial charge on any atom is 0.416 e. The van der Waals surface area contributed by atoms with Crippen molar-refractivity contribution >= 4 is 5.97 Å². The molecule has 0 saturated heterocycles. The zero-order valence-electron chi connectivity index (χ0n) is 11.4. The van der Waals surface area contributed by atoms with Crippen molar-refractivity contribution in [3.63, 3.8) is 0 Å². The lowest BCUT2D eigenvalue weighted by atomic mass is 10.0. The zero-order chi connectivity index (χ0) is 17.0. The van der Waals surface area contributed by atoms with Gasteiger partial charge in [0.15, 0.2) is 0 Å². The highest BCUT2D eigenvalue weighted by Crippen LogP contribution is 2.36. The largest absolute Gasteiger partial charge is 0.465 e. The molecule has 0 saturated carbocycles. The van der Waals surface area contributed by atoms with Crippen molar-refractivity contribution in [2.45, 2.75) is 25.8 Å². The third-order valence-corrected chi connectivity index (χ3v) is 2.55. The maximum absolute atomic E-state index is 12.6. The van der Waals surface area contributed by atoms with Gasteiger partial charge in [0.1, 0.15) is 0 Å². The first-order chi connectivity index (χ1) is 10.0. The van der Waals surface area contributed by atoms with E-state index < -0.39 is 29.4 Å². The Morgan fingerprint density at radius 3 is 1.95 bits per heavy atom. The van der Waals surface area contributed by atoms with Crippen LogP contribution in [0.25, 0.3) is 0 Å². The molecule has 0 radical (unpaired) electrons. The van der Waals surface area contributed by atoms with E-state index in [-0.39, 0.29) is 31.3 Å². The van der Waals surface area contributed by atoms with Crippen molar-refractivity contribution in [1.82, 2.24) is 5.32 Å². The molecular weight excluding hydrogens is 316 g/mol. The van der Waals surface area contributed by atoms with Gasteiger partial charge in [-0.2, -0.15) is 26.3 Å². The van der Waals surface area contributed by atoms with Crippen molar-refractivity contribution in [3.05, 3.63) is 34.9 Å². The number of ether oxygens (including phenoxy) is 1. The second kappa shape index (κ2) is 6.99. The molecule has 0 aliphatic heterocycles. The van der Waals surface area contributed by atoms with Crippen LogP contribution in [0.5, 0.6) is 0 Å². The van der Waals surface area contributed by atoms with Gasteiger partial charge in [-0.05, 0) is 30.7 Å². The van der Waals surface area contributed by atoms with E-state index in [1.165, 1.54) is 0 Å². The Balaban J connectivity index is 2.92. The molecule has 9 heteroatoms. The molecule has 0 atom stereocenters. The molecular formula is C13H13F6NO2. The van der Waals surface area contributed by atoms with E-state index in [2.05, 4.69) is 10.1 Å². The average Bonchev–Trinajstić information content (AvgIpc) is 2.36. The van der Waals surface area contributed by atoms with E-state index >= 15 is 0 Å². The normalized spacial score (nSPS) is 12.3. The van der Waals surface area contributed by atoms with E-state index in [4.69, 9.17) is 0 Å². The van der Waals surface area contributed by atoms with Crippen LogP contribution in [0, 0.1) is 0 Å². The maximum atomic E-state index is 12.6. The van der Waals surface area contributed by atoms with Gasteiger partial charge in [0.2, 0.25) is 0 Å². The zero-order valence-corrected chi connectivity index (χ0v) is 11.4. The van der Waals surface area contributed by atoms with Gasteiger partial charge < -0.3 is 10.1 Å². The summed E-state index contributed by atoms with van der Waals surface area (Å²) in [7, 11) is 0. The summed E-state index contributed by atoms with van der Waals surface area (Å²) in [5, 5.41) is 2.43. The third kappa shape index (κ3) is 5.55. The lowest BCUT2D eigenvalue weighted by Gasteiger charge is -2.14. The predicted molar refractivity (Wildman–Crippen MR) is 64.8 cm³/mol. The standard InChI is InChI=1S/C13H13F6NO2/c1-2-22-11(21)7-20-6-8-3-9(12(14,15)16)5-10(4-8)13(17,18)19/h3-5,20H,2,6-7H2,1H3. The Labute approximate surface area is 122 Å². The fourth-order valence-corrected chi connectivity index (χ4v) is 1.64. The lowest BCUT2D eigenvalue weighted by Crippen LogP contribution is -2.24. The molecule has 1 aromatic rings. The number of hydrogen-bond acceptors (Lipinski definition) is 3. The number of benzene rings is 1. The summed E-state index contributed by atoms with van der Waals surface area (Å²) in [5.41, 5.74) is -3.02. The Bertz CT molecular complexity index is 492. The van der Waals surface area contributed by atoms with Crippen LogP contribution in [-0.4, -0.2) is 19.1 Å². The van der Waals surface area contributed by atoms with Crippen molar-refractivity contribution in [2.24, 2.45) is 0 Å². The van der Waals surface area contributed by atoms with Gasteiger partial charge in [0.25, 0.3) is 0 Å². The highest BCUT2D eigenvalue weighted by molar-refractivity contribution is 5.71. The predicted octanol–water partition coefficient (Wildman–Crippen LogP) is 3.38. The van der Waals surface area contributed by atoms with Gasteiger partial charge in [0.05, 0.1) is 24.3 Å². The Morgan fingerprint density at radius 1 is 1.05 bits per heavy atom. The molecule has 3 nitrogen and oxygen atoms in total. The quantitative estimate of drug-likeness (QED) is 0.665. The lowest BCUT2D eigenvalue weighted by molar-refractivity contribution is -0.144. The van der Waals surface area contributed by atoms with E-state index in [1.807, 2.05) is 0 Å². The summed E-state index contributed by atoms with van der Waals surface area (Å²) < 4.78 is 80.3. The minimum absolute atomic E-state index is 0.0504. The summed E-state index contributed by atoms with van der Waals surface area (Å²) >= 11 is 0. The van der Waals surface area contributed by atoms with E-state index in [9.17, 15) is 31.1 Å².